The molecule has 1 aromatic heterocycles. The number of rotatable bonds is 15. The SMILES string of the molecule is CO[C@H]1C[C@H](O[C@@H]2[C@@H](C)O[C@@H](O[C@H]3[C@@H](OC)C[C@H](O[C@H]4[C@@H](OC)C[C@H](O[C@H]5CC[C@@]6(C)C(=CC[C@]7(O)[C@@H]6C[C@@H](OC(=O)c6cccnc6)[C@]6(C)[C@H](C(C)=O)CC[C@@]67O)C5)O[C@@H]4C)O[C@@H]3C)C[C@H]2OC)O[C@H](C)[C@H]1O. The van der Waals surface area contributed by atoms with E-state index in [9.17, 15) is 24.9 Å². The number of hydrogen-bond donors (Lipinski definition) is 3. The first-order valence-corrected chi connectivity index (χ1v) is 27.0. The molecule has 1 aromatic rings. The molecule has 19 heteroatoms. The number of aromatic nitrogens is 1. The van der Waals surface area contributed by atoms with Gasteiger partial charge in [0.25, 0.3) is 0 Å². The van der Waals surface area contributed by atoms with Gasteiger partial charge in [-0.3, -0.25) is 9.78 Å². The molecule has 0 bridgehead atoms. The normalized spacial score (nSPS) is 48.4. The lowest BCUT2D eigenvalue weighted by Gasteiger charge is -2.66. The summed E-state index contributed by atoms with van der Waals surface area (Å²) in [5, 5.41) is 36.3. The molecule has 24 atom stereocenters. The number of ketones is 1. The van der Waals surface area contributed by atoms with Gasteiger partial charge >= 0.3 is 5.97 Å². The van der Waals surface area contributed by atoms with Crippen LogP contribution in [0.25, 0.3) is 0 Å². The number of fused-ring (bicyclic) bond motifs is 5. The summed E-state index contributed by atoms with van der Waals surface area (Å²) >= 11 is 0. The molecule has 0 unspecified atom stereocenters. The van der Waals surface area contributed by atoms with Crippen LogP contribution >= 0.6 is 0 Å². The summed E-state index contributed by atoms with van der Waals surface area (Å²) < 4.78 is 81.7. The van der Waals surface area contributed by atoms with E-state index >= 15 is 0 Å². The quantitative estimate of drug-likeness (QED) is 0.153. The number of methoxy groups -OCH3 is 4. The molecule has 8 aliphatic rings. The second kappa shape index (κ2) is 22.3. The Morgan fingerprint density at radius 2 is 1.20 bits per heavy atom. The Kier molecular flexibility index (Phi) is 16.9. The van der Waals surface area contributed by atoms with Crippen LogP contribution in [0.3, 0.4) is 0 Å². The topological polar surface area (TPSA) is 228 Å². The van der Waals surface area contributed by atoms with Gasteiger partial charge < -0.3 is 76.9 Å². The van der Waals surface area contributed by atoms with Gasteiger partial charge in [0.05, 0.1) is 60.5 Å². The smallest absolute Gasteiger partial charge is 0.339 e. The van der Waals surface area contributed by atoms with Crippen LogP contribution in [0.15, 0.2) is 36.2 Å². The zero-order chi connectivity index (χ0) is 53.1. The molecule has 4 aliphatic heterocycles. The van der Waals surface area contributed by atoms with Gasteiger partial charge in [-0.25, -0.2) is 4.79 Å². The first kappa shape index (κ1) is 56.2. The molecule has 74 heavy (non-hydrogen) atoms. The highest BCUT2D eigenvalue weighted by atomic mass is 16.8. The Labute approximate surface area is 435 Å². The average Bonchev–Trinajstić information content (AvgIpc) is 3.79. The van der Waals surface area contributed by atoms with Crippen LogP contribution < -0.4 is 0 Å². The monoisotopic (exact) mass is 1050 g/mol. The summed E-state index contributed by atoms with van der Waals surface area (Å²) in [5.74, 6) is -1.73. The summed E-state index contributed by atoms with van der Waals surface area (Å²) in [6, 6.07) is 3.30. The summed E-state index contributed by atoms with van der Waals surface area (Å²) in [4.78, 5) is 31.0. The number of Topliss-reactive ketones (excluding diaryl/α,β-unsaturated/α-hetero) is 1. The number of carbonyl (C=O) groups excluding carboxylic acids is 2. The van der Waals surface area contributed by atoms with Gasteiger partial charge in [0.1, 0.15) is 47.5 Å². The molecule has 416 valence electrons. The molecule has 7 fully saturated rings. The fourth-order valence-corrected chi connectivity index (χ4v) is 14.8. The highest BCUT2D eigenvalue weighted by molar-refractivity contribution is 5.89. The molecule has 4 saturated heterocycles. The molecule has 19 nitrogen and oxygen atoms in total. The van der Waals surface area contributed by atoms with Crippen molar-refractivity contribution in [2.24, 2.45) is 22.7 Å². The molecule has 0 aromatic carbocycles. The van der Waals surface area contributed by atoms with Gasteiger partial charge in [-0.2, -0.15) is 0 Å². The number of aliphatic hydroxyl groups is 3. The van der Waals surface area contributed by atoms with Crippen LogP contribution in [-0.2, 0) is 66.4 Å². The third kappa shape index (κ3) is 10.1. The van der Waals surface area contributed by atoms with Crippen LogP contribution in [-0.4, -0.2) is 182 Å². The van der Waals surface area contributed by atoms with Gasteiger partial charge in [-0.15, -0.1) is 0 Å². The standard InChI is InChI=1S/C55H83NO18/c1-28(57)36-16-19-55(61)53(36,7)42(71-51(59)33-13-12-20-56-27-33)26-41-52(6)17-15-35(21-34(52)14-18-54(41,55)60)70-43-23-38(63-9)48(30(3)67-43)73-45-25-40(65-11)50(32(5)69-45)74-46-24-39(64-10)49(31(4)68-46)72-44-22-37(62-8)47(58)29(2)66-44/h12-14,20,27,29-32,35-50,58,60-61H,15-19,21-26H2,1-11H3/t29-,30-,31-,32-,35+,36+,37+,38+,39-,40+,41-,42-,43+,44+,45+,46+,47-,48-,49-,50-,52+,53+,54+,55-/m1/s1. The van der Waals surface area contributed by atoms with Gasteiger partial charge in [0.2, 0.25) is 0 Å². The number of aliphatic hydroxyl groups excluding tert-OH is 1. The lowest BCUT2D eigenvalue weighted by atomic mass is 9.43. The van der Waals surface area contributed by atoms with E-state index in [0.717, 1.165) is 5.57 Å². The lowest BCUT2D eigenvalue weighted by molar-refractivity contribution is -0.347. The van der Waals surface area contributed by atoms with Gasteiger partial charge in [0.15, 0.2) is 25.2 Å². The van der Waals surface area contributed by atoms with Gasteiger partial charge in [0, 0.05) is 83.8 Å². The van der Waals surface area contributed by atoms with Crippen molar-refractivity contribution in [2.75, 3.05) is 28.4 Å². The summed E-state index contributed by atoms with van der Waals surface area (Å²) in [6.45, 7) is 13.1. The highest BCUT2D eigenvalue weighted by Gasteiger charge is 2.77. The van der Waals surface area contributed by atoms with Crippen LogP contribution in [0.5, 0.6) is 0 Å². The van der Waals surface area contributed by atoms with Gasteiger partial charge in [-0.05, 0) is 97.1 Å². The fraction of sp³-hybridized carbons (Fsp3) is 0.836. The molecule has 5 heterocycles. The largest absolute Gasteiger partial charge is 0.458 e. The Morgan fingerprint density at radius 1 is 0.689 bits per heavy atom. The van der Waals surface area contributed by atoms with Gasteiger partial charge in [-0.1, -0.05) is 25.5 Å². The predicted octanol–water partition coefficient (Wildman–Crippen LogP) is 5.12. The lowest BCUT2D eigenvalue weighted by Crippen LogP contribution is -2.75. The van der Waals surface area contributed by atoms with E-state index in [1.54, 1.807) is 53.7 Å². The summed E-state index contributed by atoms with van der Waals surface area (Å²) in [5.41, 5.74) is -3.60. The maximum atomic E-state index is 13.7. The van der Waals surface area contributed by atoms with E-state index in [2.05, 4.69) is 18.0 Å². The van der Waals surface area contributed by atoms with Crippen molar-refractivity contribution in [3.05, 3.63) is 41.7 Å². The highest BCUT2D eigenvalue weighted by Crippen LogP contribution is 2.70. The van der Waals surface area contributed by atoms with Crippen LogP contribution in [0.1, 0.15) is 129 Å². The molecular weight excluding hydrogens is 963 g/mol. The number of nitrogens with zero attached hydrogens (tertiary/aromatic N) is 1. The van der Waals surface area contributed by atoms with E-state index in [-0.39, 0.29) is 48.9 Å². The molecule has 0 radical (unpaired) electrons. The average molecular weight is 1050 g/mol. The van der Waals surface area contributed by atoms with Crippen molar-refractivity contribution >= 4 is 11.8 Å². The van der Waals surface area contributed by atoms with Crippen molar-refractivity contribution < 1.29 is 86.5 Å². The third-order valence-corrected chi connectivity index (χ3v) is 19.0. The summed E-state index contributed by atoms with van der Waals surface area (Å²) in [6.07, 6.45) is 0.691. The predicted molar refractivity (Wildman–Crippen MR) is 262 cm³/mol. The van der Waals surface area contributed by atoms with E-state index in [1.807, 2.05) is 27.7 Å². The van der Waals surface area contributed by atoms with Crippen molar-refractivity contribution in [3.8, 4) is 0 Å². The van der Waals surface area contributed by atoms with E-state index < -0.39 is 132 Å². The van der Waals surface area contributed by atoms with Crippen molar-refractivity contribution in [1.29, 1.82) is 0 Å². The minimum atomic E-state index is -1.69. The fourth-order valence-electron chi connectivity index (χ4n) is 14.8. The van der Waals surface area contributed by atoms with Crippen LogP contribution in [0.4, 0.5) is 0 Å². The Bertz CT molecular complexity index is 2140. The van der Waals surface area contributed by atoms with Crippen molar-refractivity contribution in [1.82, 2.24) is 4.98 Å². The molecule has 9 rings (SSSR count). The second-order valence-corrected chi connectivity index (χ2v) is 23.0. The maximum Gasteiger partial charge on any atom is 0.339 e. The number of pyridine rings is 1. The second-order valence-electron chi connectivity index (χ2n) is 23.0. The van der Waals surface area contributed by atoms with Crippen LogP contribution in [0.2, 0.25) is 0 Å². The zero-order valence-corrected chi connectivity index (χ0v) is 45.1. The minimum Gasteiger partial charge on any atom is -0.458 e. The number of carbonyl (C=O) groups is 2. The molecule has 0 spiro atoms. The first-order valence-electron chi connectivity index (χ1n) is 27.0. The van der Waals surface area contributed by atoms with Crippen LogP contribution in [0, 0.1) is 22.7 Å². The molecule has 3 saturated carbocycles. The Hall–Kier alpha value is -2.57. The molecule has 0 amide bonds. The number of esters is 1. The third-order valence-electron chi connectivity index (χ3n) is 19.0. The molecular formula is C55H83NO18. The summed E-state index contributed by atoms with van der Waals surface area (Å²) in [7, 11) is 6.51. The first-order chi connectivity index (χ1) is 35.2. The minimum absolute atomic E-state index is 0.0946. The Balaban J connectivity index is 0.803. The van der Waals surface area contributed by atoms with E-state index in [4.69, 9.17) is 61.6 Å². The van der Waals surface area contributed by atoms with Crippen molar-refractivity contribution in [3.63, 3.8) is 0 Å². The van der Waals surface area contributed by atoms with E-state index in [1.165, 1.54) is 13.1 Å². The number of hydrogen-bond acceptors (Lipinski definition) is 19. The number of ether oxygens (including phenoxy) is 13. The Morgan fingerprint density at radius 3 is 1.70 bits per heavy atom. The molecule has 4 aliphatic carbocycles. The maximum absolute atomic E-state index is 13.7. The van der Waals surface area contributed by atoms with Crippen molar-refractivity contribution in [2.45, 2.75) is 241 Å². The zero-order valence-electron chi connectivity index (χ0n) is 45.1. The van der Waals surface area contributed by atoms with E-state index in [0.29, 0.717) is 51.4 Å². The molecule has 3 N–H and O–H groups in total.